The molecular weight excluding hydrogens is 332 g/mol. The molecule has 1 aromatic carbocycles. The Morgan fingerprint density at radius 1 is 1.23 bits per heavy atom. The molecule has 6 nitrogen and oxygen atoms in total. The van der Waals surface area contributed by atoms with Crippen LogP contribution in [0.5, 0.6) is 5.75 Å². The molecule has 3 rings (SSSR count). The van der Waals surface area contributed by atoms with Crippen molar-refractivity contribution in [3.8, 4) is 11.4 Å². The Hall–Kier alpha value is -2.76. The third-order valence-corrected chi connectivity index (χ3v) is 4.65. The third kappa shape index (κ3) is 3.90. The number of esters is 1. The first-order chi connectivity index (χ1) is 12.6. The van der Waals surface area contributed by atoms with Gasteiger partial charge in [0.15, 0.2) is 0 Å². The fraction of sp³-hybridized carbons (Fsp3) is 0.400. The summed E-state index contributed by atoms with van der Waals surface area (Å²) >= 11 is 0. The van der Waals surface area contributed by atoms with E-state index in [1.165, 1.54) is 46.2 Å². The van der Waals surface area contributed by atoms with Crippen LogP contribution in [-0.4, -0.2) is 30.0 Å². The van der Waals surface area contributed by atoms with Gasteiger partial charge in [-0.3, -0.25) is 0 Å². The zero-order chi connectivity index (χ0) is 18.5. The molecule has 6 heteroatoms. The summed E-state index contributed by atoms with van der Waals surface area (Å²) in [6.45, 7) is 1.91. The summed E-state index contributed by atoms with van der Waals surface area (Å²) in [6.07, 6.45) is 8.18. The van der Waals surface area contributed by atoms with E-state index in [0.29, 0.717) is 11.7 Å². The molecule has 0 aliphatic heterocycles. The SMILES string of the molecule is CO/C=C(\Oc1cc(-n2ccc(C3CCCC3)n2)ccc1C)C(=O)OC. The Morgan fingerprint density at radius 3 is 2.69 bits per heavy atom. The highest BCUT2D eigenvalue weighted by Gasteiger charge is 2.20. The van der Waals surface area contributed by atoms with Crippen LogP contribution in [0.25, 0.3) is 5.69 Å². The molecular formula is C20H24N2O4. The molecule has 138 valence electrons. The van der Waals surface area contributed by atoms with E-state index in [9.17, 15) is 4.79 Å². The number of carbonyl (C=O) groups is 1. The number of aryl methyl sites for hydroxylation is 1. The topological polar surface area (TPSA) is 62.6 Å². The van der Waals surface area contributed by atoms with Crippen LogP contribution < -0.4 is 4.74 Å². The van der Waals surface area contributed by atoms with Crippen molar-refractivity contribution >= 4 is 5.97 Å². The molecule has 0 spiro atoms. The summed E-state index contributed by atoms with van der Waals surface area (Å²) in [4.78, 5) is 11.8. The van der Waals surface area contributed by atoms with Crippen molar-refractivity contribution in [2.45, 2.75) is 38.5 Å². The maximum atomic E-state index is 11.8. The van der Waals surface area contributed by atoms with Gasteiger partial charge in [0.1, 0.15) is 12.0 Å². The lowest BCUT2D eigenvalue weighted by Gasteiger charge is -2.12. The molecule has 1 aliphatic carbocycles. The van der Waals surface area contributed by atoms with Crippen LogP contribution >= 0.6 is 0 Å². The number of benzene rings is 1. The van der Waals surface area contributed by atoms with Crippen molar-refractivity contribution in [1.82, 2.24) is 9.78 Å². The number of ether oxygens (including phenoxy) is 3. The predicted octanol–water partition coefficient (Wildman–Crippen LogP) is 3.88. The molecule has 0 radical (unpaired) electrons. The van der Waals surface area contributed by atoms with Gasteiger partial charge in [-0.1, -0.05) is 18.9 Å². The standard InChI is InChI=1S/C20H24N2O4/c1-14-8-9-16(12-18(14)26-19(13-24-2)20(23)25-3)22-11-10-17(21-22)15-6-4-5-7-15/h8-13,15H,4-7H2,1-3H3/b19-13-. The van der Waals surface area contributed by atoms with Crippen LogP contribution in [0.15, 0.2) is 42.5 Å². The van der Waals surface area contributed by atoms with Crippen LogP contribution in [-0.2, 0) is 14.3 Å². The fourth-order valence-corrected chi connectivity index (χ4v) is 3.20. The molecule has 26 heavy (non-hydrogen) atoms. The zero-order valence-electron chi connectivity index (χ0n) is 15.4. The van der Waals surface area contributed by atoms with Gasteiger partial charge in [-0.05, 0) is 37.5 Å². The van der Waals surface area contributed by atoms with Gasteiger partial charge in [-0.15, -0.1) is 0 Å². The highest BCUT2D eigenvalue weighted by Crippen LogP contribution is 2.33. The van der Waals surface area contributed by atoms with Gasteiger partial charge >= 0.3 is 5.97 Å². The summed E-state index contributed by atoms with van der Waals surface area (Å²) in [5.41, 5.74) is 2.90. The molecule has 0 saturated heterocycles. The molecule has 0 unspecified atom stereocenters. The summed E-state index contributed by atoms with van der Waals surface area (Å²) in [5, 5.41) is 4.73. The van der Waals surface area contributed by atoms with Crippen molar-refractivity contribution in [3.05, 3.63) is 53.7 Å². The second-order valence-corrected chi connectivity index (χ2v) is 6.43. The number of hydrogen-bond acceptors (Lipinski definition) is 5. The van der Waals surface area contributed by atoms with E-state index in [-0.39, 0.29) is 5.76 Å². The van der Waals surface area contributed by atoms with Gasteiger partial charge in [-0.25, -0.2) is 9.48 Å². The van der Waals surface area contributed by atoms with Gasteiger partial charge in [0.2, 0.25) is 5.76 Å². The first kappa shape index (κ1) is 18.0. The Labute approximate surface area is 153 Å². The van der Waals surface area contributed by atoms with Crippen LogP contribution in [0.2, 0.25) is 0 Å². The van der Waals surface area contributed by atoms with Crippen LogP contribution in [0.3, 0.4) is 0 Å². The molecule has 1 heterocycles. The van der Waals surface area contributed by atoms with E-state index in [1.54, 1.807) is 0 Å². The number of hydrogen-bond donors (Lipinski definition) is 0. The number of aromatic nitrogens is 2. The van der Waals surface area contributed by atoms with Crippen molar-refractivity contribution in [1.29, 1.82) is 0 Å². The minimum absolute atomic E-state index is 0.0117. The van der Waals surface area contributed by atoms with E-state index in [0.717, 1.165) is 16.9 Å². The summed E-state index contributed by atoms with van der Waals surface area (Å²) in [5.74, 6) is 0.503. The second-order valence-electron chi connectivity index (χ2n) is 6.43. The molecule has 1 aromatic heterocycles. The second kappa shape index (κ2) is 8.08. The summed E-state index contributed by atoms with van der Waals surface area (Å²) < 4.78 is 17.2. The van der Waals surface area contributed by atoms with Gasteiger partial charge in [0.25, 0.3) is 0 Å². The minimum Gasteiger partial charge on any atom is -0.500 e. The van der Waals surface area contributed by atoms with E-state index >= 15 is 0 Å². The van der Waals surface area contributed by atoms with Gasteiger partial charge in [-0.2, -0.15) is 5.10 Å². The Bertz CT molecular complexity index is 804. The lowest BCUT2D eigenvalue weighted by atomic mass is 10.1. The molecule has 1 saturated carbocycles. The van der Waals surface area contributed by atoms with Gasteiger partial charge < -0.3 is 14.2 Å². The fourth-order valence-electron chi connectivity index (χ4n) is 3.20. The maximum Gasteiger partial charge on any atom is 0.377 e. The highest BCUT2D eigenvalue weighted by atomic mass is 16.6. The van der Waals surface area contributed by atoms with Crippen LogP contribution in [0.4, 0.5) is 0 Å². The molecule has 0 bridgehead atoms. The zero-order valence-corrected chi connectivity index (χ0v) is 15.4. The number of nitrogens with zero attached hydrogens (tertiary/aromatic N) is 2. The summed E-state index contributed by atoms with van der Waals surface area (Å²) in [7, 11) is 2.75. The van der Waals surface area contributed by atoms with Gasteiger partial charge in [0.05, 0.1) is 25.6 Å². The number of rotatable bonds is 6. The van der Waals surface area contributed by atoms with E-state index in [1.807, 2.05) is 36.0 Å². The molecule has 0 N–H and O–H groups in total. The molecule has 0 atom stereocenters. The van der Waals surface area contributed by atoms with Gasteiger partial charge in [0, 0.05) is 18.2 Å². The third-order valence-electron chi connectivity index (χ3n) is 4.65. The van der Waals surface area contributed by atoms with E-state index < -0.39 is 5.97 Å². The smallest absolute Gasteiger partial charge is 0.377 e. The monoisotopic (exact) mass is 356 g/mol. The van der Waals surface area contributed by atoms with Crippen LogP contribution in [0, 0.1) is 6.92 Å². The highest BCUT2D eigenvalue weighted by molar-refractivity contribution is 5.86. The molecule has 1 fully saturated rings. The normalized spacial score (nSPS) is 15.1. The van der Waals surface area contributed by atoms with Crippen molar-refractivity contribution in [2.75, 3.05) is 14.2 Å². The maximum absolute atomic E-state index is 11.8. The average Bonchev–Trinajstić information content (AvgIpc) is 3.33. The Morgan fingerprint density at radius 2 is 2.00 bits per heavy atom. The lowest BCUT2D eigenvalue weighted by molar-refractivity contribution is -0.138. The molecule has 0 amide bonds. The average molecular weight is 356 g/mol. The first-order valence-electron chi connectivity index (χ1n) is 8.78. The number of carbonyl (C=O) groups excluding carboxylic acids is 1. The Balaban J connectivity index is 1.85. The minimum atomic E-state index is -0.598. The predicted molar refractivity (Wildman–Crippen MR) is 97.2 cm³/mol. The van der Waals surface area contributed by atoms with Crippen LogP contribution in [0.1, 0.15) is 42.9 Å². The lowest BCUT2D eigenvalue weighted by Crippen LogP contribution is -2.12. The largest absolute Gasteiger partial charge is 0.500 e. The molecule has 1 aliphatic rings. The van der Waals surface area contributed by atoms with Crippen molar-refractivity contribution in [2.24, 2.45) is 0 Å². The van der Waals surface area contributed by atoms with E-state index in [4.69, 9.17) is 19.3 Å². The summed E-state index contributed by atoms with van der Waals surface area (Å²) in [6, 6.07) is 7.85. The van der Waals surface area contributed by atoms with E-state index in [2.05, 4.69) is 6.07 Å². The number of methoxy groups -OCH3 is 2. The van der Waals surface area contributed by atoms with Crippen molar-refractivity contribution < 1.29 is 19.0 Å². The quantitative estimate of drug-likeness (QED) is 0.446. The van der Waals surface area contributed by atoms with Crippen molar-refractivity contribution in [3.63, 3.8) is 0 Å². The first-order valence-corrected chi connectivity index (χ1v) is 8.78. The molecule has 2 aromatic rings. The Kier molecular flexibility index (Phi) is 5.61.